The summed E-state index contributed by atoms with van der Waals surface area (Å²) in [5.74, 6) is 1.70. The maximum Gasteiger partial charge on any atom is 0.167 e. The minimum atomic E-state index is 0.685. The van der Waals surface area contributed by atoms with Gasteiger partial charge in [0, 0.05) is 24.2 Å². The monoisotopic (exact) mass is 272 g/mol. The zero-order valence-corrected chi connectivity index (χ0v) is 11.8. The Hall–Kier alpha value is -1.81. The van der Waals surface area contributed by atoms with Gasteiger partial charge in [0.05, 0.1) is 12.3 Å². The van der Waals surface area contributed by atoms with Gasteiger partial charge in [0.15, 0.2) is 5.76 Å². The molecule has 2 aromatic rings. The third-order valence-electron chi connectivity index (χ3n) is 3.32. The number of rotatable bonds is 7. The molecule has 0 spiro atoms. The quantitative estimate of drug-likeness (QED) is 0.839. The van der Waals surface area contributed by atoms with Gasteiger partial charge in [-0.2, -0.15) is 0 Å². The van der Waals surface area contributed by atoms with Gasteiger partial charge in [-0.1, -0.05) is 12.1 Å². The summed E-state index contributed by atoms with van der Waals surface area (Å²) in [5.41, 5.74) is 1.98. The minimum Gasteiger partial charge on any atom is -0.494 e. The highest BCUT2D eigenvalue weighted by Crippen LogP contribution is 2.24. The highest BCUT2D eigenvalue weighted by molar-refractivity contribution is 5.58. The lowest BCUT2D eigenvalue weighted by Gasteiger charge is -2.04. The largest absolute Gasteiger partial charge is 0.494 e. The van der Waals surface area contributed by atoms with Crippen LogP contribution in [0.15, 0.2) is 34.9 Å². The summed E-state index contributed by atoms with van der Waals surface area (Å²) < 4.78 is 11.0. The van der Waals surface area contributed by atoms with Gasteiger partial charge in [-0.25, -0.2) is 0 Å². The lowest BCUT2D eigenvalue weighted by Crippen LogP contribution is -2.15. The molecule has 0 unspecified atom stereocenters. The molecule has 1 heterocycles. The second kappa shape index (κ2) is 6.09. The third-order valence-corrected chi connectivity index (χ3v) is 3.32. The lowest BCUT2D eigenvalue weighted by molar-refractivity contribution is 0.317. The first kappa shape index (κ1) is 13.2. The molecule has 3 rings (SSSR count). The van der Waals surface area contributed by atoms with Crippen molar-refractivity contribution in [3.05, 3.63) is 36.0 Å². The molecule has 0 atom stereocenters. The minimum absolute atomic E-state index is 0.685. The van der Waals surface area contributed by atoms with Crippen LogP contribution in [0, 0.1) is 0 Å². The van der Waals surface area contributed by atoms with Gasteiger partial charge in [0.25, 0.3) is 0 Å². The molecular formula is C16H20N2O2. The van der Waals surface area contributed by atoms with Gasteiger partial charge < -0.3 is 14.6 Å². The fourth-order valence-electron chi connectivity index (χ4n) is 2.00. The highest BCUT2D eigenvalue weighted by atomic mass is 16.5. The topological polar surface area (TPSA) is 47.3 Å². The van der Waals surface area contributed by atoms with E-state index < -0.39 is 0 Å². The standard InChI is InChI=1S/C16H20N2O2/c1-2-9-19-15-7-3-12(4-8-15)16-10-14(18-20-16)11-17-13-5-6-13/h3-4,7-8,10,13,17H,2,5-6,9,11H2,1H3. The molecule has 1 aliphatic rings. The van der Waals surface area contributed by atoms with Crippen LogP contribution >= 0.6 is 0 Å². The summed E-state index contributed by atoms with van der Waals surface area (Å²) in [6, 6.07) is 10.6. The van der Waals surface area contributed by atoms with Gasteiger partial charge in [-0.05, 0) is 43.5 Å². The Bertz CT molecular complexity index is 544. The predicted octanol–water partition coefficient (Wildman–Crippen LogP) is 3.38. The molecule has 0 aliphatic heterocycles. The van der Waals surface area contributed by atoms with Crippen molar-refractivity contribution in [1.82, 2.24) is 10.5 Å². The van der Waals surface area contributed by atoms with Crippen molar-refractivity contribution < 1.29 is 9.26 Å². The van der Waals surface area contributed by atoms with Crippen LogP contribution in [0.2, 0.25) is 0 Å². The van der Waals surface area contributed by atoms with Crippen molar-refractivity contribution in [2.24, 2.45) is 0 Å². The first-order valence-electron chi connectivity index (χ1n) is 7.27. The molecule has 0 radical (unpaired) electrons. The van der Waals surface area contributed by atoms with Gasteiger partial charge >= 0.3 is 0 Å². The maximum absolute atomic E-state index is 5.57. The van der Waals surface area contributed by atoms with E-state index in [1.165, 1.54) is 12.8 Å². The molecular weight excluding hydrogens is 252 g/mol. The van der Waals surface area contributed by atoms with Gasteiger partial charge in [0.1, 0.15) is 5.75 Å². The molecule has 1 aromatic heterocycles. The second-order valence-corrected chi connectivity index (χ2v) is 5.21. The SMILES string of the molecule is CCCOc1ccc(-c2cc(CNC3CC3)no2)cc1. The summed E-state index contributed by atoms with van der Waals surface area (Å²) in [7, 11) is 0. The summed E-state index contributed by atoms with van der Waals surface area (Å²) >= 11 is 0. The van der Waals surface area contributed by atoms with Crippen molar-refractivity contribution in [2.75, 3.05) is 6.61 Å². The van der Waals surface area contributed by atoms with Crippen LogP contribution in [0.25, 0.3) is 11.3 Å². The summed E-state index contributed by atoms with van der Waals surface area (Å²) in [4.78, 5) is 0. The van der Waals surface area contributed by atoms with Crippen LogP contribution in [0.1, 0.15) is 31.9 Å². The Morgan fingerprint density at radius 1 is 1.30 bits per heavy atom. The van der Waals surface area contributed by atoms with E-state index in [4.69, 9.17) is 9.26 Å². The summed E-state index contributed by atoms with van der Waals surface area (Å²) in [6.45, 7) is 3.63. The Morgan fingerprint density at radius 3 is 2.80 bits per heavy atom. The van der Waals surface area contributed by atoms with E-state index in [1.807, 2.05) is 30.3 Å². The smallest absolute Gasteiger partial charge is 0.167 e. The Morgan fingerprint density at radius 2 is 2.10 bits per heavy atom. The van der Waals surface area contributed by atoms with Crippen molar-refractivity contribution in [2.45, 2.75) is 38.8 Å². The van der Waals surface area contributed by atoms with Crippen LogP contribution in [0.4, 0.5) is 0 Å². The fraction of sp³-hybridized carbons (Fsp3) is 0.438. The van der Waals surface area contributed by atoms with Gasteiger partial charge in [-0.3, -0.25) is 0 Å². The number of benzene rings is 1. The van der Waals surface area contributed by atoms with E-state index in [0.29, 0.717) is 6.04 Å². The van der Waals surface area contributed by atoms with Crippen molar-refractivity contribution in [3.8, 4) is 17.1 Å². The number of ether oxygens (including phenoxy) is 1. The molecule has 0 amide bonds. The molecule has 0 bridgehead atoms. The third kappa shape index (κ3) is 3.39. The molecule has 1 aromatic carbocycles. The molecule has 20 heavy (non-hydrogen) atoms. The normalized spacial score (nSPS) is 14.4. The molecule has 106 valence electrons. The molecule has 0 saturated heterocycles. The molecule has 4 nitrogen and oxygen atoms in total. The average Bonchev–Trinajstić information content (AvgIpc) is 3.20. The van der Waals surface area contributed by atoms with Crippen LogP contribution in [0.5, 0.6) is 5.75 Å². The van der Waals surface area contributed by atoms with Crippen molar-refractivity contribution >= 4 is 0 Å². The Kier molecular flexibility index (Phi) is 4.02. The Labute approximate surface area is 119 Å². The van der Waals surface area contributed by atoms with Crippen LogP contribution in [0.3, 0.4) is 0 Å². The average molecular weight is 272 g/mol. The first-order chi connectivity index (χ1) is 9.85. The number of hydrogen-bond donors (Lipinski definition) is 1. The molecule has 1 fully saturated rings. The first-order valence-corrected chi connectivity index (χ1v) is 7.27. The number of nitrogens with one attached hydrogen (secondary N) is 1. The lowest BCUT2D eigenvalue weighted by atomic mass is 10.1. The van der Waals surface area contributed by atoms with E-state index >= 15 is 0 Å². The van der Waals surface area contributed by atoms with Crippen molar-refractivity contribution in [3.63, 3.8) is 0 Å². The Balaban J connectivity index is 1.62. The maximum atomic E-state index is 5.57. The van der Waals surface area contributed by atoms with E-state index in [0.717, 1.165) is 42.3 Å². The number of hydrogen-bond acceptors (Lipinski definition) is 4. The summed E-state index contributed by atoms with van der Waals surface area (Å²) in [6.07, 6.45) is 3.58. The number of aromatic nitrogens is 1. The summed E-state index contributed by atoms with van der Waals surface area (Å²) in [5, 5.41) is 7.52. The molecule has 1 aliphatic carbocycles. The van der Waals surface area contributed by atoms with E-state index in [2.05, 4.69) is 17.4 Å². The van der Waals surface area contributed by atoms with Crippen molar-refractivity contribution in [1.29, 1.82) is 0 Å². The van der Waals surface area contributed by atoms with Gasteiger partial charge in [-0.15, -0.1) is 0 Å². The number of nitrogens with zero attached hydrogens (tertiary/aromatic N) is 1. The van der Waals surface area contributed by atoms with Crippen LogP contribution < -0.4 is 10.1 Å². The fourth-order valence-corrected chi connectivity index (χ4v) is 2.00. The second-order valence-electron chi connectivity index (χ2n) is 5.21. The highest BCUT2D eigenvalue weighted by Gasteiger charge is 2.20. The molecule has 1 saturated carbocycles. The zero-order chi connectivity index (χ0) is 13.8. The van der Waals surface area contributed by atoms with E-state index in [9.17, 15) is 0 Å². The van der Waals surface area contributed by atoms with E-state index in [-0.39, 0.29) is 0 Å². The zero-order valence-electron chi connectivity index (χ0n) is 11.8. The molecule has 1 N–H and O–H groups in total. The predicted molar refractivity (Wildman–Crippen MR) is 77.6 cm³/mol. The van der Waals surface area contributed by atoms with Crippen LogP contribution in [-0.4, -0.2) is 17.8 Å². The molecule has 4 heteroatoms. The van der Waals surface area contributed by atoms with Crippen LogP contribution in [-0.2, 0) is 6.54 Å². The van der Waals surface area contributed by atoms with E-state index in [1.54, 1.807) is 0 Å². The van der Waals surface area contributed by atoms with Gasteiger partial charge in [0.2, 0.25) is 0 Å².